The van der Waals surface area contributed by atoms with Gasteiger partial charge in [0, 0.05) is 0 Å². The summed E-state index contributed by atoms with van der Waals surface area (Å²) in [4.78, 5) is 0. The molecule has 0 amide bonds. The fourth-order valence-corrected chi connectivity index (χ4v) is 10.5. The van der Waals surface area contributed by atoms with Gasteiger partial charge in [0.25, 0.3) is 0 Å². The Kier molecular flexibility index (Phi) is 4.94. The van der Waals surface area contributed by atoms with E-state index in [1.807, 2.05) is 0 Å². The highest BCUT2D eigenvalue weighted by Gasteiger charge is 2.51. The van der Waals surface area contributed by atoms with E-state index in [0.29, 0.717) is 16.6 Å². The van der Waals surface area contributed by atoms with E-state index in [1.54, 1.807) is 0 Å². The van der Waals surface area contributed by atoms with E-state index in [0.717, 1.165) is 6.42 Å². The fraction of sp³-hybridized carbons (Fsp3) is 0.700. The lowest BCUT2D eigenvalue weighted by Crippen LogP contribution is -2.49. The largest absolute Gasteiger partial charge is 0.409 e. The predicted molar refractivity (Wildman–Crippen MR) is 98.8 cm³/mol. The van der Waals surface area contributed by atoms with E-state index in [2.05, 4.69) is 79.7 Å². The summed E-state index contributed by atoms with van der Waals surface area (Å²) in [6.07, 6.45) is 1.38. The molecule has 0 aliphatic heterocycles. The van der Waals surface area contributed by atoms with Crippen molar-refractivity contribution in [2.75, 3.05) is 0 Å². The van der Waals surface area contributed by atoms with Gasteiger partial charge in [-0.2, -0.15) is 0 Å². The molecule has 0 spiro atoms. The highest BCUT2D eigenvalue weighted by molar-refractivity contribution is 6.77. The number of benzene rings is 1. The molecule has 0 bridgehead atoms. The summed E-state index contributed by atoms with van der Waals surface area (Å²) in [6, 6.07) is 8.90. The van der Waals surface area contributed by atoms with Crippen molar-refractivity contribution in [3.8, 4) is 0 Å². The van der Waals surface area contributed by atoms with Crippen molar-refractivity contribution in [3.05, 3.63) is 35.4 Å². The summed E-state index contributed by atoms with van der Waals surface area (Å²) in [6.45, 7) is 19.0. The molecule has 1 atom stereocenters. The van der Waals surface area contributed by atoms with Gasteiger partial charge in [-0.1, -0.05) is 79.7 Å². The normalized spacial score (nSPS) is 21.0. The molecule has 0 unspecified atom stereocenters. The molecule has 1 nitrogen and oxygen atoms in total. The van der Waals surface area contributed by atoms with Crippen LogP contribution in [-0.4, -0.2) is 8.32 Å². The van der Waals surface area contributed by atoms with Gasteiger partial charge in [0.2, 0.25) is 8.32 Å². The topological polar surface area (TPSA) is 9.23 Å². The second-order valence-corrected chi connectivity index (χ2v) is 14.1. The average Bonchev–Trinajstić information content (AvgIpc) is 2.64. The Hall–Kier alpha value is -0.603. The van der Waals surface area contributed by atoms with Crippen molar-refractivity contribution in [1.29, 1.82) is 0 Å². The van der Waals surface area contributed by atoms with Crippen LogP contribution in [0.15, 0.2) is 24.3 Å². The zero-order valence-corrected chi connectivity index (χ0v) is 16.7. The summed E-state index contributed by atoms with van der Waals surface area (Å²) in [5.74, 6) is 0. The average molecular weight is 319 g/mol. The quantitative estimate of drug-likeness (QED) is 0.563. The molecule has 2 rings (SSSR count). The number of hydrogen-bond donors (Lipinski definition) is 0. The first-order valence-corrected chi connectivity index (χ1v) is 11.0. The molecule has 0 aromatic heterocycles. The summed E-state index contributed by atoms with van der Waals surface area (Å²) in [5.41, 5.74) is 5.02. The van der Waals surface area contributed by atoms with Gasteiger partial charge in [-0.15, -0.1) is 0 Å². The zero-order valence-electron chi connectivity index (χ0n) is 15.7. The smallest absolute Gasteiger partial charge is 0.201 e. The van der Waals surface area contributed by atoms with Crippen LogP contribution in [0, 0.1) is 5.41 Å². The molecule has 1 aromatic carbocycles. The SMILES string of the molecule is CC(C)[Si](O[C@@H]1c2ccccc2CC1(C)C)(C(C)C)C(C)C. The minimum Gasteiger partial charge on any atom is -0.409 e. The third-order valence-corrected chi connectivity index (χ3v) is 11.8. The minimum atomic E-state index is -1.85. The van der Waals surface area contributed by atoms with Gasteiger partial charge in [-0.3, -0.25) is 0 Å². The van der Waals surface area contributed by atoms with Crippen LogP contribution >= 0.6 is 0 Å². The minimum absolute atomic E-state index is 0.195. The van der Waals surface area contributed by atoms with Crippen LogP contribution in [0.5, 0.6) is 0 Å². The van der Waals surface area contributed by atoms with E-state index in [-0.39, 0.29) is 11.5 Å². The molecule has 0 fully saturated rings. The monoisotopic (exact) mass is 318 g/mol. The van der Waals surface area contributed by atoms with Gasteiger partial charge in [-0.25, -0.2) is 0 Å². The molecule has 124 valence electrons. The fourth-order valence-electron chi connectivity index (χ4n) is 4.79. The first-order chi connectivity index (χ1) is 10.1. The van der Waals surface area contributed by atoms with Crippen LogP contribution in [0.3, 0.4) is 0 Å². The highest BCUT2D eigenvalue weighted by atomic mass is 28.4. The molecular weight excluding hydrogens is 284 g/mol. The zero-order chi connectivity index (χ0) is 16.7. The first kappa shape index (κ1) is 17.7. The Morgan fingerprint density at radius 2 is 1.45 bits per heavy atom. The molecular formula is C20H34OSi. The van der Waals surface area contributed by atoms with Crippen LogP contribution in [0.4, 0.5) is 0 Å². The summed E-state index contributed by atoms with van der Waals surface area (Å²) < 4.78 is 7.16. The molecule has 0 saturated heterocycles. The van der Waals surface area contributed by atoms with Crippen molar-refractivity contribution >= 4 is 8.32 Å². The van der Waals surface area contributed by atoms with E-state index in [9.17, 15) is 0 Å². The number of rotatable bonds is 5. The standard InChI is InChI=1S/C20H34OSi/c1-14(2)22(15(3)4,16(5)6)21-19-18-12-10-9-11-17(18)13-20(19,7)8/h9-12,14-16,19H,13H2,1-8H3/t19-/m1/s1. The molecule has 1 aliphatic carbocycles. The number of fused-ring (bicyclic) bond motifs is 1. The van der Waals surface area contributed by atoms with E-state index in [4.69, 9.17) is 4.43 Å². The van der Waals surface area contributed by atoms with Gasteiger partial charge in [-0.05, 0) is 39.6 Å². The Morgan fingerprint density at radius 1 is 0.955 bits per heavy atom. The van der Waals surface area contributed by atoms with Crippen molar-refractivity contribution in [2.24, 2.45) is 5.41 Å². The third kappa shape index (κ3) is 2.80. The lowest BCUT2D eigenvalue weighted by molar-refractivity contribution is 0.0720. The van der Waals surface area contributed by atoms with Crippen molar-refractivity contribution in [3.63, 3.8) is 0 Å². The van der Waals surface area contributed by atoms with Crippen LogP contribution in [-0.2, 0) is 10.8 Å². The maximum Gasteiger partial charge on any atom is 0.201 e. The maximum absolute atomic E-state index is 7.16. The van der Waals surface area contributed by atoms with Gasteiger partial charge < -0.3 is 4.43 Å². The molecule has 0 heterocycles. The molecule has 0 N–H and O–H groups in total. The Labute approximate surface area is 138 Å². The van der Waals surface area contributed by atoms with Crippen LogP contribution in [0.1, 0.15) is 72.6 Å². The van der Waals surface area contributed by atoms with Gasteiger partial charge >= 0.3 is 0 Å². The van der Waals surface area contributed by atoms with Crippen molar-refractivity contribution in [1.82, 2.24) is 0 Å². The van der Waals surface area contributed by atoms with Crippen molar-refractivity contribution < 1.29 is 4.43 Å². The first-order valence-electron chi connectivity index (χ1n) is 8.88. The molecule has 1 aromatic rings. The predicted octanol–water partition coefficient (Wildman–Crippen LogP) is 6.50. The molecule has 1 aliphatic rings. The number of hydrogen-bond acceptors (Lipinski definition) is 1. The van der Waals surface area contributed by atoms with Crippen molar-refractivity contribution in [2.45, 2.75) is 84.5 Å². The second-order valence-electron chi connectivity index (χ2n) is 8.68. The van der Waals surface area contributed by atoms with E-state index in [1.165, 1.54) is 11.1 Å². The molecule has 0 saturated carbocycles. The third-order valence-electron chi connectivity index (χ3n) is 5.72. The second kappa shape index (κ2) is 6.12. The molecule has 0 radical (unpaired) electrons. The van der Waals surface area contributed by atoms with Gasteiger partial charge in [0.05, 0.1) is 6.10 Å². The van der Waals surface area contributed by atoms with Crippen LogP contribution < -0.4 is 0 Å². The Balaban J connectivity index is 2.46. The highest BCUT2D eigenvalue weighted by Crippen LogP contribution is 2.53. The summed E-state index contributed by atoms with van der Waals surface area (Å²) in [5, 5.41) is 0. The summed E-state index contributed by atoms with van der Waals surface area (Å²) in [7, 11) is -1.85. The lowest BCUT2D eigenvalue weighted by Gasteiger charge is -2.46. The molecule has 2 heteroatoms. The van der Waals surface area contributed by atoms with Gasteiger partial charge in [0.15, 0.2) is 0 Å². The maximum atomic E-state index is 7.16. The Bertz CT molecular complexity index is 494. The van der Waals surface area contributed by atoms with Crippen LogP contribution in [0.25, 0.3) is 0 Å². The Morgan fingerprint density at radius 3 is 1.95 bits per heavy atom. The van der Waals surface area contributed by atoms with Crippen LogP contribution in [0.2, 0.25) is 16.6 Å². The summed E-state index contributed by atoms with van der Waals surface area (Å²) >= 11 is 0. The van der Waals surface area contributed by atoms with Gasteiger partial charge in [0.1, 0.15) is 0 Å². The van der Waals surface area contributed by atoms with E-state index >= 15 is 0 Å². The lowest BCUT2D eigenvalue weighted by atomic mass is 9.87. The molecule has 22 heavy (non-hydrogen) atoms. The van der Waals surface area contributed by atoms with E-state index < -0.39 is 8.32 Å².